The zero-order chi connectivity index (χ0) is 23.8. The normalized spacial score (nSPS) is 27.1. The first kappa shape index (κ1) is 23.1. The molecule has 0 bridgehead atoms. The number of rotatable bonds is 5. The molecule has 34 heavy (non-hydrogen) atoms. The maximum atomic E-state index is 12.6. The fraction of sp³-hybridized carbons (Fsp3) is 0.654. The van der Waals surface area contributed by atoms with Crippen LogP contribution in [0.3, 0.4) is 0 Å². The standard InChI is InChI=1S/C26H35N3O5/c1-16-8-10-20-21(28(16)26(32)33-2)11-12-22-24(20)27-23(13-9-19-7-4-14-34-19)29(22)18-6-3-5-17(15-18)25(30)31/h11-12,16-19H,3-10,13-15H2,1-2H3,(H,30,31)/t16-,17-,18+,19-/m0/s1. The van der Waals surface area contributed by atoms with Gasteiger partial charge in [0, 0.05) is 30.7 Å². The third-order valence-electron chi connectivity index (χ3n) is 7.97. The highest BCUT2D eigenvalue weighted by atomic mass is 16.5. The van der Waals surface area contributed by atoms with E-state index in [-0.39, 0.29) is 30.2 Å². The largest absolute Gasteiger partial charge is 0.481 e. The van der Waals surface area contributed by atoms with Gasteiger partial charge in [-0.3, -0.25) is 9.69 Å². The predicted molar refractivity (Wildman–Crippen MR) is 128 cm³/mol. The minimum Gasteiger partial charge on any atom is -0.481 e. The molecule has 4 atom stereocenters. The average Bonchev–Trinajstić information content (AvgIpc) is 3.49. The van der Waals surface area contributed by atoms with Gasteiger partial charge < -0.3 is 19.1 Å². The van der Waals surface area contributed by atoms with Gasteiger partial charge in [0.25, 0.3) is 0 Å². The Morgan fingerprint density at radius 1 is 1.21 bits per heavy atom. The molecule has 1 aromatic heterocycles. The highest BCUT2D eigenvalue weighted by molar-refractivity contribution is 5.95. The molecule has 3 aliphatic rings. The van der Waals surface area contributed by atoms with Crippen LogP contribution < -0.4 is 4.90 Å². The lowest BCUT2D eigenvalue weighted by atomic mass is 9.85. The first-order valence-corrected chi connectivity index (χ1v) is 12.7. The number of fused-ring (bicyclic) bond motifs is 3. The maximum absolute atomic E-state index is 12.6. The number of benzene rings is 1. The van der Waals surface area contributed by atoms with E-state index in [1.165, 1.54) is 7.11 Å². The van der Waals surface area contributed by atoms with Crippen molar-refractivity contribution in [1.82, 2.24) is 9.55 Å². The number of aryl methyl sites for hydroxylation is 2. The number of nitrogens with zero attached hydrogens (tertiary/aromatic N) is 3. The van der Waals surface area contributed by atoms with Crippen molar-refractivity contribution in [3.63, 3.8) is 0 Å². The van der Waals surface area contributed by atoms with Crippen LogP contribution in [0.5, 0.6) is 0 Å². The van der Waals surface area contributed by atoms with Crippen molar-refractivity contribution in [2.45, 2.75) is 89.3 Å². The number of amides is 1. The van der Waals surface area contributed by atoms with Crippen LogP contribution >= 0.6 is 0 Å². The van der Waals surface area contributed by atoms with Gasteiger partial charge >= 0.3 is 12.1 Å². The zero-order valence-electron chi connectivity index (χ0n) is 20.2. The molecule has 1 aliphatic carbocycles. The van der Waals surface area contributed by atoms with Crippen molar-refractivity contribution in [2.24, 2.45) is 5.92 Å². The molecule has 1 saturated heterocycles. The van der Waals surface area contributed by atoms with Crippen molar-refractivity contribution in [3.8, 4) is 0 Å². The molecule has 184 valence electrons. The van der Waals surface area contributed by atoms with E-state index in [1.807, 2.05) is 13.0 Å². The SMILES string of the molecule is COC(=O)N1c2ccc3c(nc(CC[C@@H]4CCCO4)n3[C@@H]3CCC[C@H](C(=O)O)C3)c2CC[C@@H]1C. The van der Waals surface area contributed by atoms with Crippen LogP contribution in [0.1, 0.15) is 75.7 Å². The number of aliphatic carboxylic acids is 1. The molecule has 8 heteroatoms. The third-order valence-corrected chi connectivity index (χ3v) is 7.97. The van der Waals surface area contributed by atoms with Gasteiger partial charge in [0.15, 0.2) is 0 Å². The zero-order valence-corrected chi connectivity index (χ0v) is 20.2. The summed E-state index contributed by atoms with van der Waals surface area (Å²) in [7, 11) is 1.42. The van der Waals surface area contributed by atoms with E-state index in [1.54, 1.807) is 4.90 Å². The van der Waals surface area contributed by atoms with Gasteiger partial charge in [0.05, 0.1) is 35.9 Å². The Kier molecular flexibility index (Phi) is 6.51. The van der Waals surface area contributed by atoms with Crippen LogP contribution in [0.4, 0.5) is 10.5 Å². The number of hydrogen-bond acceptors (Lipinski definition) is 5. The van der Waals surface area contributed by atoms with Crippen LogP contribution in [0, 0.1) is 5.92 Å². The van der Waals surface area contributed by atoms with Gasteiger partial charge in [-0.15, -0.1) is 0 Å². The van der Waals surface area contributed by atoms with E-state index in [0.29, 0.717) is 6.42 Å². The number of carbonyl (C=O) groups is 2. The van der Waals surface area contributed by atoms with Crippen molar-refractivity contribution in [3.05, 3.63) is 23.5 Å². The van der Waals surface area contributed by atoms with E-state index in [9.17, 15) is 14.7 Å². The number of aromatic nitrogens is 2. The lowest BCUT2D eigenvalue weighted by Gasteiger charge is -2.34. The smallest absolute Gasteiger partial charge is 0.414 e. The Labute approximate surface area is 200 Å². The quantitative estimate of drug-likeness (QED) is 0.671. The molecule has 0 unspecified atom stereocenters. The second kappa shape index (κ2) is 9.56. The lowest BCUT2D eigenvalue weighted by molar-refractivity contribution is -0.143. The molecule has 0 spiro atoms. The van der Waals surface area contributed by atoms with Crippen LogP contribution in [0.2, 0.25) is 0 Å². The monoisotopic (exact) mass is 469 g/mol. The number of ether oxygens (including phenoxy) is 2. The number of carbonyl (C=O) groups excluding carboxylic acids is 1. The molecule has 2 fully saturated rings. The number of carboxylic acid groups (broad SMARTS) is 1. The van der Waals surface area contributed by atoms with E-state index >= 15 is 0 Å². The number of carboxylic acids is 1. The Morgan fingerprint density at radius 3 is 2.79 bits per heavy atom. The van der Waals surface area contributed by atoms with Gasteiger partial charge in [-0.1, -0.05) is 6.42 Å². The van der Waals surface area contributed by atoms with Crippen LogP contribution in [-0.4, -0.2) is 52.6 Å². The van der Waals surface area contributed by atoms with Gasteiger partial charge in [-0.25, -0.2) is 9.78 Å². The number of imidazole rings is 1. The minimum atomic E-state index is -0.699. The highest BCUT2D eigenvalue weighted by Crippen LogP contribution is 2.41. The number of anilines is 1. The lowest BCUT2D eigenvalue weighted by Crippen LogP contribution is -2.42. The van der Waals surface area contributed by atoms with Crippen molar-refractivity contribution in [1.29, 1.82) is 0 Å². The summed E-state index contributed by atoms with van der Waals surface area (Å²) in [6.07, 6.45) is 8.81. The topological polar surface area (TPSA) is 93.9 Å². The summed E-state index contributed by atoms with van der Waals surface area (Å²) in [4.78, 5) is 31.2. The first-order chi connectivity index (χ1) is 16.5. The molecular weight excluding hydrogens is 434 g/mol. The molecule has 2 aliphatic heterocycles. The van der Waals surface area contributed by atoms with Crippen LogP contribution in [-0.2, 0) is 27.1 Å². The minimum absolute atomic E-state index is 0.0631. The van der Waals surface area contributed by atoms with Crippen molar-refractivity contribution >= 4 is 28.8 Å². The second-order valence-electron chi connectivity index (χ2n) is 10.1. The van der Waals surface area contributed by atoms with Crippen molar-refractivity contribution in [2.75, 3.05) is 18.6 Å². The highest BCUT2D eigenvalue weighted by Gasteiger charge is 2.34. The molecule has 1 saturated carbocycles. The summed E-state index contributed by atoms with van der Waals surface area (Å²) in [5.74, 6) is 0.00352. The summed E-state index contributed by atoms with van der Waals surface area (Å²) in [6.45, 7) is 2.88. The van der Waals surface area contributed by atoms with Crippen LogP contribution in [0.25, 0.3) is 11.0 Å². The number of hydrogen-bond donors (Lipinski definition) is 1. The molecule has 1 N–H and O–H groups in total. The molecule has 0 radical (unpaired) electrons. The van der Waals surface area contributed by atoms with Gasteiger partial charge in [0.1, 0.15) is 5.82 Å². The van der Waals surface area contributed by atoms with Crippen LogP contribution in [0.15, 0.2) is 12.1 Å². The van der Waals surface area contributed by atoms with Gasteiger partial charge in [-0.2, -0.15) is 0 Å². The fourth-order valence-corrected chi connectivity index (χ4v) is 6.19. The second-order valence-corrected chi connectivity index (χ2v) is 10.1. The third kappa shape index (κ3) is 4.17. The van der Waals surface area contributed by atoms with Gasteiger partial charge in [-0.05, 0) is 70.4 Å². The summed E-state index contributed by atoms with van der Waals surface area (Å²) in [5.41, 5.74) is 3.96. The van der Waals surface area contributed by atoms with E-state index in [4.69, 9.17) is 14.5 Å². The molecular formula is C26H35N3O5. The fourth-order valence-electron chi connectivity index (χ4n) is 6.19. The summed E-state index contributed by atoms with van der Waals surface area (Å²) in [5, 5.41) is 9.68. The molecule has 8 nitrogen and oxygen atoms in total. The Hall–Kier alpha value is -2.61. The van der Waals surface area contributed by atoms with E-state index in [2.05, 4.69) is 10.6 Å². The average molecular weight is 470 g/mol. The number of methoxy groups -OCH3 is 1. The van der Waals surface area contributed by atoms with Gasteiger partial charge in [0.2, 0.25) is 0 Å². The van der Waals surface area contributed by atoms with Crippen molar-refractivity contribution < 1.29 is 24.2 Å². The Bertz CT molecular complexity index is 1070. The van der Waals surface area contributed by atoms with E-state index < -0.39 is 5.97 Å². The maximum Gasteiger partial charge on any atom is 0.414 e. The molecule has 3 heterocycles. The molecule has 2 aromatic rings. The summed E-state index contributed by atoms with van der Waals surface area (Å²) >= 11 is 0. The predicted octanol–water partition coefficient (Wildman–Crippen LogP) is 4.87. The Morgan fingerprint density at radius 2 is 2.06 bits per heavy atom. The molecule has 1 amide bonds. The Balaban J connectivity index is 1.57. The molecule has 5 rings (SSSR count). The summed E-state index contributed by atoms with van der Waals surface area (Å²) in [6, 6.07) is 4.27. The molecule has 1 aromatic carbocycles. The summed E-state index contributed by atoms with van der Waals surface area (Å²) < 4.78 is 13.3. The first-order valence-electron chi connectivity index (χ1n) is 12.7. The van der Waals surface area contributed by atoms with E-state index in [0.717, 1.165) is 92.5 Å².